The van der Waals surface area contributed by atoms with Crippen molar-refractivity contribution in [3.63, 3.8) is 0 Å². The maximum absolute atomic E-state index is 12.8. The SMILES string of the molecule is CC(C)C(=O)Nc1ccc(-n2nc(NS(=O)(=O)Cc3ccccc3)c3ccccc32)cc1. The van der Waals surface area contributed by atoms with E-state index in [9.17, 15) is 13.2 Å². The summed E-state index contributed by atoms with van der Waals surface area (Å²) < 4.78 is 29.8. The largest absolute Gasteiger partial charge is 0.326 e. The van der Waals surface area contributed by atoms with E-state index >= 15 is 0 Å². The molecule has 8 heteroatoms. The maximum Gasteiger partial charge on any atom is 0.238 e. The average molecular weight is 449 g/mol. The molecule has 1 heterocycles. The number of nitrogens with zero attached hydrogens (tertiary/aromatic N) is 2. The molecule has 0 aliphatic carbocycles. The van der Waals surface area contributed by atoms with Crippen molar-refractivity contribution in [2.45, 2.75) is 19.6 Å². The second-order valence-corrected chi connectivity index (χ2v) is 9.54. The molecule has 0 bridgehead atoms. The molecule has 0 spiro atoms. The number of anilines is 2. The zero-order chi connectivity index (χ0) is 22.7. The molecule has 1 amide bonds. The summed E-state index contributed by atoms with van der Waals surface area (Å²) in [6, 6.07) is 23.7. The Morgan fingerprint density at radius 1 is 0.938 bits per heavy atom. The molecule has 0 atom stereocenters. The number of carbonyl (C=O) groups is 1. The first kappa shape index (κ1) is 21.6. The Labute approximate surface area is 187 Å². The van der Waals surface area contributed by atoms with Gasteiger partial charge in [-0.2, -0.15) is 0 Å². The van der Waals surface area contributed by atoms with Crippen LogP contribution in [0.4, 0.5) is 11.5 Å². The molecular weight excluding hydrogens is 424 g/mol. The van der Waals surface area contributed by atoms with Crippen molar-refractivity contribution in [2.75, 3.05) is 10.0 Å². The van der Waals surface area contributed by atoms with Crippen molar-refractivity contribution < 1.29 is 13.2 Å². The van der Waals surface area contributed by atoms with E-state index in [0.29, 0.717) is 16.6 Å². The lowest BCUT2D eigenvalue weighted by atomic mass is 10.2. The van der Waals surface area contributed by atoms with E-state index in [-0.39, 0.29) is 23.4 Å². The summed E-state index contributed by atoms with van der Waals surface area (Å²) >= 11 is 0. The third-order valence-corrected chi connectivity index (χ3v) is 6.16. The van der Waals surface area contributed by atoms with Crippen LogP contribution in [0.1, 0.15) is 19.4 Å². The van der Waals surface area contributed by atoms with E-state index in [1.54, 1.807) is 28.9 Å². The Hall–Kier alpha value is -3.65. The number of benzene rings is 3. The number of carbonyl (C=O) groups excluding carboxylic acids is 1. The smallest absolute Gasteiger partial charge is 0.238 e. The van der Waals surface area contributed by atoms with Crippen LogP contribution in [0.15, 0.2) is 78.9 Å². The van der Waals surface area contributed by atoms with Crippen LogP contribution in [0.3, 0.4) is 0 Å². The monoisotopic (exact) mass is 448 g/mol. The molecule has 1 aromatic heterocycles. The molecule has 0 saturated heterocycles. The first-order chi connectivity index (χ1) is 15.3. The van der Waals surface area contributed by atoms with Gasteiger partial charge in [-0.25, -0.2) is 13.1 Å². The lowest BCUT2D eigenvalue weighted by molar-refractivity contribution is -0.118. The number of aromatic nitrogens is 2. The maximum atomic E-state index is 12.8. The van der Waals surface area contributed by atoms with E-state index in [1.807, 2.05) is 68.4 Å². The predicted octanol–water partition coefficient (Wildman–Crippen LogP) is 4.56. The highest BCUT2D eigenvalue weighted by Crippen LogP contribution is 2.27. The van der Waals surface area contributed by atoms with Crippen LogP contribution in [0, 0.1) is 5.92 Å². The lowest BCUT2D eigenvalue weighted by Gasteiger charge is -2.09. The first-order valence-electron chi connectivity index (χ1n) is 10.3. The topological polar surface area (TPSA) is 93.1 Å². The van der Waals surface area contributed by atoms with Crippen molar-refractivity contribution >= 4 is 38.3 Å². The Morgan fingerprint density at radius 3 is 2.28 bits per heavy atom. The molecule has 0 radical (unpaired) electrons. The van der Waals surface area contributed by atoms with Gasteiger partial charge in [0.2, 0.25) is 15.9 Å². The molecule has 4 rings (SSSR count). The molecule has 164 valence electrons. The highest BCUT2D eigenvalue weighted by atomic mass is 32.2. The summed E-state index contributed by atoms with van der Waals surface area (Å²) in [6.45, 7) is 3.67. The summed E-state index contributed by atoms with van der Waals surface area (Å²) in [7, 11) is -3.65. The molecule has 7 nitrogen and oxygen atoms in total. The number of hydrogen-bond acceptors (Lipinski definition) is 4. The Morgan fingerprint density at radius 2 is 1.59 bits per heavy atom. The minimum atomic E-state index is -3.65. The molecule has 0 fully saturated rings. The van der Waals surface area contributed by atoms with Crippen LogP contribution in [-0.2, 0) is 20.6 Å². The summed E-state index contributed by atoms with van der Waals surface area (Å²) in [5, 5.41) is 8.10. The van der Waals surface area contributed by atoms with Gasteiger partial charge in [0.05, 0.1) is 17.0 Å². The Balaban J connectivity index is 1.64. The number of sulfonamides is 1. The minimum Gasteiger partial charge on any atom is -0.326 e. The second-order valence-electron chi connectivity index (χ2n) is 7.82. The molecule has 4 aromatic rings. The van der Waals surface area contributed by atoms with Crippen LogP contribution in [0.2, 0.25) is 0 Å². The molecular formula is C24H24N4O3S. The fourth-order valence-corrected chi connectivity index (χ4v) is 4.44. The standard InChI is InChI=1S/C24H24N4O3S/c1-17(2)24(29)25-19-12-14-20(15-13-19)28-22-11-7-6-10-21(22)23(26-28)27-32(30,31)16-18-8-4-3-5-9-18/h3-15,17H,16H2,1-2H3,(H,25,29)(H,26,27). The second kappa shape index (κ2) is 8.84. The van der Waals surface area contributed by atoms with Gasteiger partial charge in [0.1, 0.15) is 0 Å². The van der Waals surface area contributed by atoms with Gasteiger partial charge in [-0.15, -0.1) is 5.10 Å². The van der Waals surface area contributed by atoms with Crippen LogP contribution < -0.4 is 10.0 Å². The van der Waals surface area contributed by atoms with Crippen LogP contribution in [-0.4, -0.2) is 24.1 Å². The molecule has 0 aliphatic heterocycles. The van der Waals surface area contributed by atoms with Crippen molar-refractivity contribution in [1.82, 2.24) is 9.78 Å². The van der Waals surface area contributed by atoms with Gasteiger partial charge >= 0.3 is 0 Å². The van der Waals surface area contributed by atoms with E-state index in [0.717, 1.165) is 11.2 Å². The minimum absolute atomic E-state index is 0.0580. The summed E-state index contributed by atoms with van der Waals surface area (Å²) in [5.41, 5.74) is 2.90. The quantitative estimate of drug-likeness (QED) is 0.433. The Bertz CT molecular complexity index is 1350. The van der Waals surface area contributed by atoms with Gasteiger partial charge in [-0.05, 0) is 42.0 Å². The number of rotatable bonds is 7. The van der Waals surface area contributed by atoms with Crippen molar-refractivity contribution in [2.24, 2.45) is 5.92 Å². The van der Waals surface area contributed by atoms with Crippen LogP contribution in [0.5, 0.6) is 0 Å². The molecule has 0 aliphatic rings. The lowest BCUT2D eigenvalue weighted by Crippen LogP contribution is -2.17. The van der Waals surface area contributed by atoms with E-state index < -0.39 is 10.0 Å². The summed E-state index contributed by atoms with van der Waals surface area (Å²) in [4.78, 5) is 11.9. The highest BCUT2D eigenvalue weighted by Gasteiger charge is 2.18. The number of fused-ring (bicyclic) bond motifs is 1. The van der Waals surface area contributed by atoms with Gasteiger partial charge in [0.25, 0.3) is 0 Å². The van der Waals surface area contributed by atoms with Crippen molar-refractivity contribution in [1.29, 1.82) is 0 Å². The third-order valence-electron chi connectivity index (χ3n) is 4.94. The molecule has 2 N–H and O–H groups in total. The molecule has 0 saturated carbocycles. The van der Waals surface area contributed by atoms with Crippen molar-refractivity contribution in [3.05, 3.63) is 84.4 Å². The van der Waals surface area contributed by atoms with Crippen LogP contribution >= 0.6 is 0 Å². The fraction of sp³-hybridized carbons (Fsp3) is 0.167. The number of para-hydroxylation sites is 1. The Kier molecular flexibility index (Phi) is 5.96. The van der Waals surface area contributed by atoms with E-state index in [1.165, 1.54) is 0 Å². The molecule has 0 unspecified atom stereocenters. The van der Waals surface area contributed by atoms with Gasteiger partial charge < -0.3 is 5.32 Å². The summed E-state index contributed by atoms with van der Waals surface area (Å²) in [5.74, 6) is -0.0402. The van der Waals surface area contributed by atoms with Gasteiger partial charge in [0, 0.05) is 17.0 Å². The first-order valence-corrected chi connectivity index (χ1v) is 11.9. The van der Waals surface area contributed by atoms with E-state index in [2.05, 4.69) is 15.1 Å². The number of nitrogens with one attached hydrogen (secondary N) is 2. The molecule has 3 aromatic carbocycles. The number of amides is 1. The molecule has 32 heavy (non-hydrogen) atoms. The third kappa shape index (κ3) is 4.81. The van der Waals surface area contributed by atoms with E-state index in [4.69, 9.17) is 0 Å². The normalized spacial score (nSPS) is 11.6. The predicted molar refractivity (Wildman–Crippen MR) is 127 cm³/mol. The highest BCUT2D eigenvalue weighted by molar-refractivity contribution is 7.91. The summed E-state index contributed by atoms with van der Waals surface area (Å²) in [6.07, 6.45) is 0. The van der Waals surface area contributed by atoms with Crippen molar-refractivity contribution in [3.8, 4) is 5.69 Å². The average Bonchev–Trinajstić information content (AvgIpc) is 3.12. The van der Waals surface area contributed by atoms with Gasteiger partial charge in [-0.3, -0.25) is 9.52 Å². The fourth-order valence-electron chi connectivity index (χ4n) is 3.29. The van der Waals surface area contributed by atoms with Crippen LogP contribution in [0.25, 0.3) is 16.6 Å². The zero-order valence-electron chi connectivity index (χ0n) is 17.8. The zero-order valence-corrected chi connectivity index (χ0v) is 18.6. The van der Waals surface area contributed by atoms with Gasteiger partial charge in [-0.1, -0.05) is 56.3 Å². The number of hydrogen-bond donors (Lipinski definition) is 2. The van der Waals surface area contributed by atoms with Gasteiger partial charge in [0.15, 0.2) is 5.82 Å².